The van der Waals surface area contributed by atoms with E-state index in [1.165, 1.54) is 12.4 Å². The summed E-state index contributed by atoms with van der Waals surface area (Å²) in [6.07, 6.45) is -12.3. The van der Waals surface area contributed by atoms with Crippen LogP contribution in [-0.4, -0.2) is 223 Å². The van der Waals surface area contributed by atoms with Crippen molar-refractivity contribution in [1.29, 1.82) is 0 Å². The Morgan fingerprint density at radius 2 is 0.847 bits per heavy atom. The summed E-state index contributed by atoms with van der Waals surface area (Å²) in [7, 11) is 0. The van der Waals surface area contributed by atoms with Gasteiger partial charge < -0.3 is 89.1 Å². The molecule has 2 aromatic rings. The molecular weight excluding hydrogens is 982 g/mol. The lowest BCUT2D eigenvalue weighted by Crippen LogP contribution is -2.57. The summed E-state index contributed by atoms with van der Waals surface area (Å²) in [5.41, 5.74) is -2.01. The predicted octanol–water partition coefficient (Wildman–Crippen LogP) is -0.0620. The van der Waals surface area contributed by atoms with Gasteiger partial charge in [0, 0.05) is 37.6 Å². The number of nitrogens with zero attached hydrogens (tertiary/aromatic N) is 2. The number of aliphatic hydroxyl groups excluding tert-OH is 4. The second-order valence-corrected chi connectivity index (χ2v) is 15.7. The molecular formula is C44H64F6N6O16. The fourth-order valence-electron chi connectivity index (χ4n) is 6.64. The van der Waals surface area contributed by atoms with E-state index in [1.807, 2.05) is 0 Å². The minimum absolute atomic E-state index is 0.0846. The molecule has 0 radical (unpaired) electrons. The first-order valence-corrected chi connectivity index (χ1v) is 22.9. The van der Waals surface area contributed by atoms with E-state index in [9.17, 15) is 56.4 Å². The second kappa shape index (κ2) is 32.7. The van der Waals surface area contributed by atoms with Crippen LogP contribution < -0.4 is 21.3 Å². The molecule has 72 heavy (non-hydrogen) atoms. The minimum Gasteiger partial charge on any atom is -0.388 e. The fourth-order valence-corrected chi connectivity index (χ4v) is 6.64. The van der Waals surface area contributed by atoms with Crippen molar-refractivity contribution in [2.24, 2.45) is 0 Å². The fraction of sp³-hybridized carbons (Fsp3) is 0.682. The van der Waals surface area contributed by atoms with Gasteiger partial charge in [0.25, 0.3) is 0 Å². The molecule has 0 saturated carbocycles. The number of anilines is 2. The molecule has 2 amide bonds. The SMILES string of the molecule is O=C(/C=C/C(=O)NCCOCCOCCOCCOC[C@H]1OC[C@@H](Nc2ncccc2C(F)(F)F)[C@@H](O)[C@H]1O)NCCOCCOCCOCCOC[C@H]1OC[C@H](Nc2ncccc2C(F)(F)F)[C@@H](O)[C@H]1O. The molecule has 0 aromatic carbocycles. The highest BCUT2D eigenvalue weighted by atomic mass is 19.4. The van der Waals surface area contributed by atoms with E-state index in [1.54, 1.807) is 0 Å². The van der Waals surface area contributed by atoms with Crippen molar-refractivity contribution >= 4 is 23.5 Å². The van der Waals surface area contributed by atoms with E-state index in [0.29, 0.717) is 0 Å². The maximum absolute atomic E-state index is 13.3. The lowest BCUT2D eigenvalue weighted by molar-refractivity contribution is -0.161. The molecule has 0 spiro atoms. The number of rotatable bonds is 34. The topological polar surface area (TPSA) is 281 Å². The number of amides is 2. The summed E-state index contributed by atoms with van der Waals surface area (Å²) >= 11 is 0. The molecule has 2 aliphatic rings. The number of halogens is 6. The van der Waals surface area contributed by atoms with Gasteiger partial charge in [-0.3, -0.25) is 9.59 Å². The van der Waals surface area contributed by atoms with Crippen LogP contribution in [0.25, 0.3) is 0 Å². The molecule has 22 nitrogen and oxygen atoms in total. The highest BCUT2D eigenvalue weighted by Crippen LogP contribution is 2.35. The maximum atomic E-state index is 13.3. The average Bonchev–Trinajstić information content (AvgIpc) is 3.34. The Kier molecular flexibility index (Phi) is 27.3. The molecule has 0 bridgehead atoms. The number of hydrogen-bond acceptors (Lipinski definition) is 20. The number of aromatic nitrogens is 2. The first-order valence-electron chi connectivity index (χ1n) is 22.9. The smallest absolute Gasteiger partial charge is 0.388 e. The Hall–Kier alpha value is -4.40. The Morgan fingerprint density at radius 1 is 0.528 bits per heavy atom. The standard InChI is InChI=1S/C44H64F6N6O16/c45-43(46,47)29-3-1-7-53-41(29)55-31-25-71-33(39(61)37(31)59)27-69-23-21-67-19-17-65-15-13-63-11-9-51-35(57)5-6-36(58)52-10-12-64-14-16-66-18-20-68-22-24-70-28-34-40(62)38(60)32(26-72-34)56-42-30(44(48,49)50)4-2-8-54-42/h1-8,31-34,37-40,59-62H,9-28H2,(H,51,57)(H,52,58)(H,53,55)(H,54,56)/b6-5+/t31-,32+,33-,34-,37-,38-,39+,40+/m1/s1. The maximum Gasteiger partial charge on any atom is 0.419 e. The van der Waals surface area contributed by atoms with Crippen LogP contribution in [-0.2, 0) is 69.3 Å². The largest absolute Gasteiger partial charge is 0.419 e. The molecule has 2 saturated heterocycles. The first-order chi connectivity index (χ1) is 34.6. The van der Waals surface area contributed by atoms with E-state index in [0.717, 1.165) is 36.4 Å². The number of carbonyl (C=O) groups excluding carboxylic acids is 2. The van der Waals surface area contributed by atoms with Gasteiger partial charge in [-0.2, -0.15) is 26.3 Å². The van der Waals surface area contributed by atoms with Crippen molar-refractivity contribution in [3.8, 4) is 0 Å². The van der Waals surface area contributed by atoms with Crippen LogP contribution in [0, 0.1) is 0 Å². The molecule has 2 aromatic heterocycles. The van der Waals surface area contributed by atoms with Crippen molar-refractivity contribution in [3.63, 3.8) is 0 Å². The van der Waals surface area contributed by atoms with Gasteiger partial charge in [0.1, 0.15) is 48.3 Å². The number of carbonyl (C=O) groups is 2. The van der Waals surface area contributed by atoms with Crippen LogP contribution in [0.2, 0.25) is 0 Å². The third-order valence-corrected chi connectivity index (χ3v) is 10.4. The van der Waals surface area contributed by atoms with Crippen molar-refractivity contribution in [1.82, 2.24) is 20.6 Å². The van der Waals surface area contributed by atoms with Gasteiger partial charge in [-0.1, -0.05) is 0 Å². The van der Waals surface area contributed by atoms with E-state index >= 15 is 0 Å². The predicted molar refractivity (Wildman–Crippen MR) is 239 cm³/mol. The molecule has 2 fully saturated rings. The van der Waals surface area contributed by atoms with Crippen LogP contribution in [0.4, 0.5) is 38.0 Å². The van der Waals surface area contributed by atoms with E-state index in [-0.39, 0.29) is 132 Å². The summed E-state index contributed by atoms with van der Waals surface area (Å²) in [6, 6.07) is 1.93. The Labute approximate surface area is 410 Å². The number of hydrogen-bond donors (Lipinski definition) is 8. The van der Waals surface area contributed by atoms with Crippen LogP contribution >= 0.6 is 0 Å². The van der Waals surface area contributed by atoms with Crippen molar-refractivity contribution < 1.29 is 104 Å². The zero-order valence-electron chi connectivity index (χ0n) is 39.2. The normalized spacial score (nSPS) is 22.8. The molecule has 4 heterocycles. The van der Waals surface area contributed by atoms with Gasteiger partial charge in [0.2, 0.25) is 11.8 Å². The quantitative estimate of drug-likeness (QED) is 0.0259. The number of pyridine rings is 2. The summed E-state index contributed by atoms with van der Waals surface area (Å²) in [5.74, 6) is -1.93. The number of nitrogens with one attached hydrogen (secondary N) is 4. The van der Waals surface area contributed by atoms with Crippen molar-refractivity contribution in [2.75, 3.05) is 143 Å². The Bertz CT molecular complexity index is 1750. The third kappa shape index (κ3) is 22.4. The summed E-state index contributed by atoms with van der Waals surface area (Å²) in [5, 5.41) is 52.0. The first kappa shape index (κ1) is 60.2. The van der Waals surface area contributed by atoms with Gasteiger partial charge in [0.15, 0.2) is 0 Å². The van der Waals surface area contributed by atoms with Gasteiger partial charge in [-0.15, -0.1) is 0 Å². The zero-order chi connectivity index (χ0) is 52.2. The molecule has 0 unspecified atom stereocenters. The second-order valence-electron chi connectivity index (χ2n) is 15.7. The molecule has 4 rings (SSSR count). The summed E-state index contributed by atoms with van der Waals surface area (Å²) in [6.45, 7) is 3.07. The molecule has 8 atom stereocenters. The Morgan fingerprint density at radius 3 is 1.18 bits per heavy atom. The Balaban J connectivity index is 0.857. The van der Waals surface area contributed by atoms with E-state index in [2.05, 4.69) is 31.2 Å². The van der Waals surface area contributed by atoms with Crippen LogP contribution in [0.15, 0.2) is 48.8 Å². The third-order valence-electron chi connectivity index (χ3n) is 10.4. The lowest BCUT2D eigenvalue weighted by Gasteiger charge is -2.38. The molecule has 8 N–H and O–H groups in total. The van der Waals surface area contributed by atoms with Crippen molar-refractivity contribution in [3.05, 3.63) is 59.9 Å². The molecule has 408 valence electrons. The van der Waals surface area contributed by atoms with Gasteiger partial charge in [-0.05, 0) is 24.3 Å². The van der Waals surface area contributed by atoms with Gasteiger partial charge in [-0.25, -0.2) is 9.97 Å². The number of ether oxygens (including phenoxy) is 10. The number of aliphatic hydroxyl groups is 4. The monoisotopic (exact) mass is 1050 g/mol. The van der Waals surface area contributed by atoms with Crippen LogP contribution in [0.5, 0.6) is 0 Å². The molecule has 28 heteroatoms. The van der Waals surface area contributed by atoms with Crippen molar-refractivity contribution in [2.45, 2.75) is 61.1 Å². The molecule has 2 aliphatic heterocycles. The summed E-state index contributed by atoms with van der Waals surface area (Å²) in [4.78, 5) is 31.3. The number of alkyl halides is 6. The van der Waals surface area contributed by atoms with Crippen LogP contribution in [0.3, 0.4) is 0 Å². The van der Waals surface area contributed by atoms with Gasteiger partial charge >= 0.3 is 12.4 Å². The highest BCUT2D eigenvalue weighted by Gasteiger charge is 2.42. The minimum atomic E-state index is -4.66. The lowest BCUT2D eigenvalue weighted by atomic mass is 9.98. The summed E-state index contributed by atoms with van der Waals surface area (Å²) < 4.78 is 134. The average molecular weight is 1050 g/mol. The van der Waals surface area contributed by atoms with Gasteiger partial charge in [0.05, 0.1) is 142 Å². The van der Waals surface area contributed by atoms with E-state index in [4.69, 9.17) is 47.4 Å². The highest BCUT2D eigenvalue weighted by molar-refractivity contribution is 5.96. The van der Waals surface area contributed by atoms with Crippen LogP contribution in [0.1, 0.15) is 11.1 Å². The molecule has 0 aliphatic carbocycles. The zero-order valence-corrected chi connectivity index (χ0v) is 39.2. The van der Waals surface area contributed by atoms with E-state index < -0.39 is 95.6 Å².